The smallest absolute Gasteiger partial charge is 0.337 e. The number of nitrogens with one attached hydrogen (secondary N) is 1. The summed E-state index contributed by atoms with van der Waals surface area (Å²) >= 11 is 4.77. The number of halogens is 2. The molecule has 200 valence electrons. The molecular weight excluding hydrogens is 567 g/mol. The van der Waals surface area contributed by atoms with Crippen LogP contribution >= 0.6 is 27.3 Å². The maximum absolute atomic E-state index is 12.4. The first-order chi connectivity index (χ1) is 18.0. The molecule has 2 N–H and O–H groups in total. The zero-order valence-electron chi connectivity index (χ0n) is 20.6. The normalized spacial score (nSPS) is 17.5. The second-order valence-corrected chi connectivity index (χ2v) is 9.22. The molecule has 0 saturated carbocycles. The number of morpholine rings is 1. The summed E-state index contributed by atoms with van der Waals surface area (Å²) in [6, 6.07) is 9.77. The van der Waals surface area contributed by atoms with E-state index in [0.717, 1.165) is 15.6 Å². The summed E-state index contributed by atoms with van der Waals surface area (Å²) in [7, 11) is 0.500. The maximum Gasteiger partial charge on any atom is 0.337 e. The molecule has 0 bridgehead atoms. The Morgan fingerprint density at radius 3 is 2.70 bits per heavy atom. The molecule has 37 heavy (non-hydrogen) atoms. The minimum Gasteiger partial charge on any atom is -0.478 e. The molecule has 0 amide bonds. The van der Waals surface area contributed by atoms with Gasteiger partial charge in [-0.1, -0.05) is 40.2 Å². The molecule has 1 saturated heterocycles. The first kappa shape index (κ1) is 30.3. The van der Waals surface area contributed by atoms with E-state index in [9.17, 15) is 14.0 Å². The second kappa shape index (κ2) is 16.7. The molecule has 4 rings (SSSR count). The highest BCUT2D eigenvalue weighted by atomic mass is 79.9. The zero-order chi connectivity index (χ0) is 27.0. The molecule has 1 aromatic carbocycles. The molecule has 1 unspecified atom stereocenters. The Balaban J connectivity index is 0.000000455. The molecule has 1 atom stereocenters. The third-order valence-electron chi connectivity index (χ3n) is 5.02. The van der Waals surface area contributed by atoms with Crippen LogP contribution in [-0.2, 0) is 19.1 Å². The number of hydrogen-bond donors (Lipinski definition) is 2. The monoisotopic (exact) mass is 596 g/mol. The van der Waals surface area contributed by atoms with E-state index < -0.39 is 11.9 Å². The molecule has 1 aromatic heterocycles. The van der Waals surface area contributed by atoms with Crippen LogP contribution in [0.1, 0.15) is 11.9 Å². The number of aliphatic carboxylic acids is 1. The van der Waals surface area contributed by atoms with Crippen LogP contribution in [0.4, 0.5) is 4.39 Å². The van der Waals surface area contributed by atoms with E-state index in [1.165, 1.54) is 11.3 Å². The van der Waals surface area contributed by atoms with E-state index in [1.807, 2.05) is 35.7 Å². The van der Waals surface area contributed by atoms with Gasteiger partial charge >= 0.3 is 11.9 Å². The zero-order valence-corrected chi connectivity index (χ0v) is 23.0. The average Bonchev–Trinajstić information content (AvgIpc) is 3.45. The highest BCUT2D eigenvalue weighted by molar-refractivity contribution is 9.10. The van der Waals surface area contributed by atoms with Gasteiger partial charge in [0, 0.05) is 40.9 Å². The predicted molar refractivity (Wildman–Crippen MR) is 144 cm³/mol. The molecule has 9 nitrogen and oxygen atoms in total. The van der Waals surface area contributed by atoms with Crippen molar-refractivity contribution < 1.29 is 28.6 Å². The average molecular weight is 598 g/mol. The lowest BCUT2D eigenvalue weighted by atomic mass is 10.1. The fourth-order valence-corrected chi connectivity index (χ4v) is 4.26. The lowest BCUT2D eigenvalue weighted by Crippen LogP contribution is -2.48. The lowest BCUT2D eigenvalue weighted by Gasteiger charge is -2.35. The second-order valence-electron chi connectivity index (χ2n) is 7.41. The summed E-state index contributed by atoms with van der Waals surface area (Å²) in [5.74, 6) is -0.798. The highest BCUT2D eigenvalue weighted by Crippen LogP contribution is 2.18. The van der Waals surface area contributed by atoms with E-state index in [4.69, 9.17) is 14.6 Å². The van der Waals surface area contributed by atoms with Crippen LogP contribution < -0.4 is 5.32 Å². The number of benzene rings is 1. The number of carbonyl (C=O) groups excluding carboxylic acids is 1. The van der Waals surface area contributed by atoms with Crippen LogP contribution in [0.25, 0.3) is 0 Å². The number of amidine groups is 1. The number of aromatic nitrogens is 1. The van der Waals surface area contributed by atoms with Gasteiger partial charge in [0.2, 0.25) is 0 Å². The molecule has 0 radical (unpaired) electrons. The number of thiazole rings is 1. The Hall–Kier alpha value is -2.93. The molecule has 2 aromatic rings. The van der Waals surface area contributed by atoms with E-state index in [-0.39, 0.29) is 19.2 Å². The summed E-state index contributed by atoms with van der Waals surface area (Å²) in [6.07, 6.45) is 4.41. The van der Waals surface area contributed by atoms with E-state index in [2.05, 4.69) is 36.1 Å². The quantitative estimate of drug-likeness (QED) is 0.367. The molecule has 1 fully saturated rings. The SMILES string of the molecule is Brc1ccccc1.CCOC(=O)C1=C(CN2CCOCC2/C=C/C(=O)O)NC(c2nccs2)=NC1.CF. The molecule has 0 aliphatic carbocycles. The van der Waals surface area contributed by atoms with Crippen LogP contribution in [0.5, 0.6) is 0 Å². The Morgan fingerprint density at radius 2 is 2.11 bits per heavy atom. The Labute approximate surface area is 227 Å². The summed E-state index contributed by atoms with van der Waals surface area (Å²) < 4.78 is 21.3. The van der Waals surface area contributed by atoms with Crippen LogP contribution in [0.2, 0.25) is 0 Å². The van der Waals surface area contributed by atoms with E-state index in [1.54, 1.807) is 19.2 Å². The van der Waals surface area contributed by atoms with E-state index >= 15 is 0 Å². The minimum atomic E-state index is -1.01. The number of nitrogens with zero attached hydrogens (tertiary/aromatic N) is 3. The molecule has 3 heterocycles. The Bertz CT molecular complexity index is 1080. The number of aliphatic imine (C=N–C) groups is 1. The van der Waals surface area contributed by atoms with Gasteiger partial charge in [-0.3, -0.25) is 14.3 Å². The third kappa shape index (κ3) is 10.2. The first-order valence-corrected chi connectivity index (χ1v) is 13.1. The van der Waals surface area contributed by atoms with Crippen molar-refractivity contribution in [2.24, 2.45) is 4.99 Å². The van der Waals surface area contributed by atoms with Crippen molar-refractivity contribution in [1.82, 2.24) is 15.2 Å². The van der Waals surface area contributed by atoms with E-state index in [0.29, 0.717) is 50.6 Å². The Morgan fingerprint density at radius 1 is 1.35 bits per heavy atom. The number of rotatable bonds is 7. The van der Waals surface area contributed by atoms with Crippen molar-refractivity contribution in [1.29, 1.82) is 0 Å². The Kier molecular flexibility index (Phi) is 13.7. The first-order valence-electron chi connectivity index (χ1n) is 11.4. The number of carbonyl (C=O) groups is 2. The van der Waals surface area contributed by atoms with Crippen molar-refractivity contribution >= 4 is 45.0 Å². The van der Waals surface area contributed by atoms with Crippen LogP contribution in [0, 0.1) is 0 Å². The standard InChI is InChI=1S/C18H22N4O5S.C6H5Br.CH3F/c1-2-27-18(25)13-9-20-16(17-19-5-8-28-17)21-14(13)10-22-6-7-26-11-12(22)3-4-15(23)24;7-6-4-2-1-3-5-6;1-2/h3-5,8,12H,2,6-7,9-11H2,1H3,(H,20,21)(H,23,24);1-5H;1H3/b4-3+;;. The molecule has 2 aliphatic rings. The van der Waals surface area contributed by atoms with Crippen molar-refractivity contribution in [2.75, 3.05) is 46.6 Å². The van der Waals surface area contributed by atoms with Crippen LogP contribution in [0.15, 0.2) is 74.8 Å². The molecular formula is C25H30BrFN4O5S. The van der Waals surface area contributed by atoms with Gasteiger partial charge < -0.3 is 19.9 Å². The third-order valence-corrected chi connectivity index (χ3v) is 6.33. The van der Waals surface area contributed by atoms with Crippen molar-refractivity contribution in [3.05, 3.63) is 74.8 Å². The number of alkyl halides is 1. The van der Waals surface area contributed by atoms with Gasteiger partial charge in [0.15, 0.2) is 10.8 Å². The van der Waals surface area contributed by atoms with Crippen LogP contribution in [-0.4, -0.2) is 85.4 Å². The topological polar surface area (TPSA) is 113 Å². The van der Waals surface area contributed by atoms with Crippen molar-refractivity contribution in [3.8, 4) is 0 Å². The van der Waals surface area contributed by atoms with Gasteiger partial charge in [0.05, 0.1) is 45.2 Å². The summed E-state index contributed by atoms with van der Waals surface area (Å²) in [5.41, 5.74) is 1.16. The van der Waals surface area contributed by atoms with Gasteiger partial charge in [0.25, 0.3) is 0 Å². The van der Waals surface area contributed by atoms with Gasteiger partial charge in [-0.05, 0) is 19.1 Å². The minimum absolute atomic E-state index is 0.204. The number of ether oxygens (including phenoxy) is 2. The van der Waals surface area contributed by atoms with Gasteiger partial charge in [-0.2, -0.15) is 0 Å². The summed E-state index contributed by atoms with van der Waals surface area (Å²) in [4.78, 5) is 34.0. The maximum atomic E-state index is 12.4. The van der Waals surface area contributed by atoms with Gasteiger partial charge in [0.1, 0.15) is 0 Å². The molecule has 2 aliphatic heterocycles. The van der Waals surface area contributed by atoms with Gasteiger partial charge in [-0.15, -0.1) is 11.3 Å². The number of carboxylic acid groups (broad SMARTS) is 1. The fourth-order valence-electron chi connectivity index (χ4n) is 3.36. The molecule has 0 spiro atoms. The number of esters is 1. The van der Waals surface area contributed by atoms with Crippen molar-refractivity contribution in [3.63, 3.8) is 0 Å². The summed E-state index contributed by atoms with van der Waals surface area (Å²) in [6.45, 7) is 4.19. The number of carboxylic acids is 1. The summed E-state index contributed by atoms with van der Waals surface area (Å²) in [5, 5.41) is 14.7. The van der Waals surface area contributed by atoms with Gasteiger partial charge in [-0.25, -0.2) is 14.6 Å². The predicted octanol–water partition coefficient (Wildman–Crippen LogP) is 3.69. The highest BCUT2D eigenvalue weighted by Gasteiger charge is 2.28. The molecule has 12 heteroatoms. The largest absolute Gasteiger partial charge is 0.478 e. The van der Waals surface area contributed by atoms with Crippen LogP contribution in [0.3, 0.4) is 0 Å². The fraction of sp³-hybridized carbons (Fsp3) is 0.360. The lowest BCUT2D eigenvalue weighted by molar-refractivity contribution is -0.138. The number of hydrogen-bond acceptors (Lipinski definition) is 9. The van der Waals surface area contributed by atoms with Crippen molar-refractivity contribution in [2.45, 2.75) is 13.0 Å².